The Bertz CT molecular complexity index is 3440. The van der Waals surface area contributed by atoms with Crippen molar-refractivity contribution in [2.24, 2.45) is 0 Å². The van der Waals surface area contributed by atoms with Gasteiger partial charge in [-0.25, -0.2) is 4.98 Å². The number of fused-ring (bicyclic) bond motifs is 10. The molecule has 4 nitrogen and oxygen atoms in total. The van der Waals surface area contributed by atoms with Gasteiger partial charge in [0.1, 0.15) is 5.82 Å². The molecule has 266 valence electrons. The highest BCUT2D eigenvalue weighted by Crippen LogP contribution is 2.41. The fourth-order valence-electron chi connectivity index (χ4n) is 9.10. The summed E-state index contributed by atoms with van der Waals surface area (Å²) in [6.07, 6.45) is 2.19. The quantitative estimate of drug-likeness (QED) is 0.174. The standard InChI is InChI=1S/C53H34N4/c1-4-14-35(15-5-1)37-32-47(36-16-6-2-7-17-36)54-52(33-37)57-50-23-13-11-21-42(50)46-34-39(24-28-51(46)57)56-49-22-12-10-20-41(49)45-26-25-40-43-30-31-55(38-18-8-3-9-19-38)48(43)29-27-44(40)53(45)56/h1-34H. The normalized spacial score (nSPS) is 11.9. The zero-order chi connectivity index (χ0) is 37.5. The lowest BCUT2D eigenvalue weighted by Crippen LogP contribution is -2.00. The van der Waals surface area contributed by atoms with Crippen molar-refractivity contribution in [3.05, 3.63) is 206 Å². The molecule has 0 atom stereocenters. The Morgan fingerprint density at radius 2 is 0.877 bits per heavy atom. The van der Waals surface area contributed by atoms with Crippen LogP contribution in [-0.4, -0.2) is 18.7 Å². The first-order valence-corrected chi connectivity index (χ1v) is 19.5. The predicted molar refractivity (Wildman–Crippen MR) is 238 cm³/mol. The third kappa shape index (κ3) is 4.84. The number of hydrogen-bond donors (Lipinski definition) is 0. The van der Waals surface area contributed by atoms with E-state index in [2.05, 4.69) is 220 Å². The molecule has 57 heavy (non-hydrogen) atoms. The van der Waals surface area contributed by atoms with Crippen LogP contribution in [-0.2, 0) is 0 Å². The molecule has 0 aliphatic rings. The van der Waals surface area contributed by atoms with E-state index in [-0.39, 0.29) is 0 Å². The lowest BCUT2D eigenvalue weighted by Gasteiger charge is -2.14. The van der Waals surface area contributed by atoms with Gasteiger partial charge in [-0.05, 0) is 83.2 Å². The number of pyridine rings is 1. The maximum Gasteiger partial charge on any atom is 0.138 e. The highest BCUT2D eigenvalue weighted by molar-refractivity contribution is 6.23. The topological polar surface area (TPSA) is 27.7 Å². The molecule has 12 aromatic rings. The molecule has 0 aliphatic carbocycles. The van der Waals surface area contributed by atoms with Gasteiger partial charge in [0.2, 0.25) is 0 Å². The van der Waals surface area contributed by atoms with Gasteiger partial charge in [-0.3, -0.25) is 4.57 Å². The van der Waals surface area contributed by atoms with Crippen molar-refractivity contribution in [2.45, 2.75) is 0 Å². The Kier molecular flexibility index (Phi) is 6.89. The van der Waals surface area contributed by atoms with Gasteiger partial charge in [-0.1, -0.05) is 133 Å². The summed E-state index contributed by atoms with van der Waals surface area (Å²) in [5.41, 5.74) is 12.5. The van der Waals surface area contributed by atoms with E-state index in [1.807, 2.05) is 0 Å². The van der Waals surface area contributed by atoms with E-state index in [0.29, 0.717) is 0 Å². The van der Waals surface area contributed by atoms with E-state index in [1.165, 1.54) is 54.3 Å². The fraction of sp³-hybridized carbons (Fsp3) is 0. The average Bonchev–Trinajstić information content (AvgIpc) is 3.98. The first kappa shape index (κ1) is 31.6. The van der Waals surface area contributed by atoms with E-state index >= 15 is 0 Å². The molecule has 0 bridgehead atoms. The molecular weight excluding hydrogens is 693 g/mol. The van der Waals surface area contributed by atoms with E-state index in [1.54, 1.807) is 0 Å². The Labute approximate surface area is 328 Å². The second kappa shape index (κ2) is 12.4. The Morgan fingerprint density at radius 1 is 0.316 bits per heavy atom. The SMILES string of the molecule is c1ccc(-c2cc(-c3ccccc3)nc(-n3c4ccccc4c4cc(-n5c6ccccc6c6ccc7c8ccn(-c9ccccc9)c8ccc7c65)ccc43)c2)cc1. The van der Waals surface area contributed by atoms with Crippen molar-refractivity contribution >= 4 is 65.3 Å². The summed E-state index contributed by atoms with van der Waals surface area (Å²) >= 11 is 0. The Balaban J connectivity index is 1.11. The molecule has 4 heterocycles. The van der Waals surface area contributed by atoms with E-state index < -0.39 is 0 Å². The summed E-state index contributed by atoms with van der Waals surface area (Å²) in [5.74, 6) is 0.892. The van der Waals surface area contributed by atoms with E-state index in [9.17, 15) is 0 Å². The zero-order valence-electron chi connectivity index (χ0n) is 30.9. The third-order valence-corrected chi connectivity index (χ3v) is 11.7. The van der Waals surface area contributed by atoms with Gasteiger partial charge in [0, 0.05) is 55.5 Å². The summed E-state index contributed by atoms with van der Waals surface area (Å²) in [4.78, 5) is 5.36. The van der Waals surface area contributed by atoms with Crippen LogP contribution in [0.3, 0.4) is 0 Å². The fourth-order valence-corrected chi connectivity index (χ4v) is 9.10. The minimum Gasteiger partial charge on any atom is -0.317 e. The Hall–Kier alpha value is -7.69. The van der Waals surface area contributed by atoms with Crippen LogP contribution in [0.4, 0.5) is 0 Å². The van der Waals surface area contributed by atoms with Crippen LogP contribution in [0.5, 0.6) is 0 Å². The molecule has 4 aromatic heterocycles. The van der Waals surface area contributed by atoms with Gasteiger partial charge in [0.05, 0.1) is 33.3 Å². The zero-order valence-corrected chi connectivity index (χ0v) is 30.9. The highest BCUT2D eigenvalue weighted by Gasteiger charge is 2.20. The number of benzene rings is 8. The summed E-state index contributed by atoms with van der Waals surface area (Å²) in [5, 5.41) is 8.59. The van der Waals surface area contributed by atoms with Crippen LogP contribution in [0.1, 0.15) is 0 Å². The molecule has 0 saturated carbocycles. The predicted octanol–water partition coefficient (Wildman–Crippen LogP) is 13.7. The van der Waals surface area contributed by atoms with Crippen molar-refractivity contribution in [1.82, 2.24) is 18.7 Å². The molecule has 0 fully saturated rings. The number of para-hydroxylation sites is 3. The van der Waals surface area contributed by atoms with Gasteiger partial charge in [-0.15, -0.1) is 0 Å². The minimum absolute atomic E-state index is 0.892. The monoisotopic (exact) mass is 726 g/mol. The van der Waals surface area contributed by atoms with Crippen molar-refractivity contribution in [3.63, 3.8) is 0 Å². The smallest absolute Gasteiger partial charge is 0.138 e. The number of hydrogen-bond acceptors (Lipinski definition) is 1. The van der Waals surface area contributed by atoms with Gasteiger partial charge in [-0.2, -0.15) is 0 Å². The minimum atomic E-state index is 0.892. The van der Waals surface area contributed by atoms with Crippen molar-refractivity contribution in [2.75, 3.05) is 0 Å². The van der Waals surface area contributed by atoms with Gasteiger partial charge in [0.25, 0.3) is 0 Å². The number of nitrogens with zero attached hydrogens (tertiary/aromatic N) is 4. The van der Waals surface area contributed by atoms with E-state index in [4.69, 9.17) is 4.98 Å². The highest BCUT2D eigenvalue weighted by atomic mass is 15.1. The maximum atomic E-state index is 5.36. The Morgan fingerprint density at radius 3 is 1.65 bits per heavy atom. The van der Waals surface area contributed by atoms with Crippen molar-refractivity contribution in [3.8, 4) is 39.6 Å². The second-order valence-electron chi connectivity index (χ2n) is 14.8. The lowest BCUT2D eigenvalue weighted by molar-refractivity contribution is 1.08. The second-order valence-corrected chi connectivity index (χ2v) is 14.8. The third-order valence-electron chi connectivity index (χ3n) is 11.7. The summed E-state index contributed by atoms with van der Waals surface area (Å²) < 4.78 is 7.09. The number of aromatic nitrogens is 4. The molecule has 0 radical (unpaired) electrons. The summed E-state index contributed by atoms with van der Waals surface area (Å²) in [6.45, 7) is 0. The molecule has 0 unspecified atom stereocenters. The molecule has 0 N–H and O–H groups in total. The molecule has 0 aliphatic heterocycles. The van der Waals surface area contributed by atoms with Gasteiger partial charge < -0.3 is 9.13 Å². The van der Waals surface area contributed by atoms with E-state index in [0.717, 1.165) is 50.6 Å². The largest absolute Gasteiger partial charge is 0.317 e. The molecule has 4 heteroatoms. The lowest BCUT2D eigenvalue weighted by atomic mass is 10.0. The summed E-state index contributed by atoms with van der Waals surface area (Å²) in [7, 11) is 0. The van der Waals surface area contributed by atoms with Crippen LogP contribution in [0.2, 0.25) is 0 Å². The molecule has 0 saturated heterocycles. The maximum absolute atomic E-state index is 5.36. The molecular formula is C53H34N4. The van der Waals surface area contributed by atoms with Gasteiger partial charge in [0.15, 0.2) is 0 Å². The van der Waals surface area contributed by atoms with Crippen LogP contribution in [0, 0.1) is 0 Å². The molecule has 8 aromatic carbocycles. The van der Waals surface area contributed by atoms with Crippen LogP contribution in [0.25, 0.3) is 105 Å². The first-order valence-electron chi connectivity index (χ1n) is 19.5. The van der Waals surface area contributed by atoms with Crippen LogP contribution in [0.15, 0.2) is 206 Å². The molecule has 0 spiro atoms. The van der Waals surface area contributed by atoms with Gasteiger partial charge >= 0.3 is 0 Å². The first-order chi connectivity index (χ1) is 28.3. The summed E-state index contributed by atoms with van der Waals surface area (Å²) in [6, 6.07) is 72.1. The van der Waals surface area contributed by atoms with Crippen LogP contribution >= 0.6 is 0 Å². The van der Waals surface area contributed by atoms with Crippen molar-refractivity contribution in [1.29, 1.82) is 0 Å². The van der Waals surface area contributed by atoms with Crippen molar-refractivity contribution < 1.29 is 0 Å². The molecule has 0 amide bonds. The molecule has 12 rings (SSSR count). The number of rotatable bonds is 5. The average molecular weight is 727 g/mol. The van der Waals surface area contributed by atoms with Crippen LogP contribution < -0.4 is 0 Å².